The zero-order chi connectivity index (χ0) is 15.0. The average molecular weight is 280 g/mol. The molecule has 0 aliphatic carbocycles. The van der Waals surface area contributed by atoms with E-state index in [4.69, 9.17) is 4.52 Å². The van der Waals surface area contributed by atoms with Crippen molar-refractivity contribution in [3.8, 4) is 0 Å². The molecule has 6 heteroatoms. The first kappa shape index (κ1) is 14.8. The number of hydrogen-bond donors (Lipinski definition) is 3. The summed E-state index contributed by atoms with van der Waals surface area (Å²) >= 11 is 0. The SMILES string of the molecule is Cc1cc(NC(=O)NC2CC(C)(C)NC(C)(C)C2)no1. The van der Waals surface area contributed by atoms with Crippen molar-refractivity contribution in [3.63, 3.8) is 0 Å². The Morgan fingerprint density at radius 1 is 1.35 bits per heavy atom. The zero-order valence-corrected chi connectivity index (χ0v) is 12.8. The molecule has 20 heavy (non-hydrogen) atoms. The van der Waals surface area contributed by atoms with E-state index in [-0.39, 0.29) is 23.2 Å². The first-order chi connectivity index (χ1) is 9.15. The minimum Gasteiger partial charge on any atom is -0.360 e. The lowest BCUT2D eigenvalue weighted by Crippen LogP contribution is -2.62. The van der Waals surface area contributed by atoms with Crippen LogP contribution in [0.1, 0.15) is 46.3 Å². The highest BCUT2D eigenvalue weighted by Gasteiger charge is 2.38. The highest BCUT2D eigenvalue weighted by Crippen LogP contribution is 2.28. The van der Waals surface area contributed by atoms with Crippen LogP contribution in [0, 0.1) is 6.92 Å². The van der Waals surface area contributed by atoms with E-state index in [1.165, 1.54) is 0 Å². The van der Waals surface area contributed by atoms with Gasteiger partial charge in [0.2, 0.25) is 0 Å². The largest absolute Gasteiger partial charge is 0.360 e. The van der Waals surface area contributed by atoms with E-state index in [0.717, 1.165) is 12.8 Å². The zero-order valence-electron chi connectivity index (χ0n) is 12.8. The Balaban J connectivity index is 1.93. The molecule has 1 saturated heterocycles. The topological polar surface area (TPSA) is 79.2 Å². The van der Waals surface area contributed by atoms with Gasteiger partial charge in [-0.2, -0.15) is 0 Å². The Morgan fingerprint density at radius 2 is 1.95 bits per heavy atom. The number of amides is 2. The third-order valence-corrected chi connectivity index (χ3v) is 3.39. The highest BCUT2D eigenvalue weighted by molar-refractivity contribution is 5.88. The number of aromatic nitrogens is 1. The molecule has 0 bridgehead atoms. The molecule has 2 amide bonds. The molecule has 3 N–H and O–H groups in total. The third kappa shape index (κ3) is 3.96. The average Bonchev–Trinajstić information content (AvgIpc) is 2.58. The van der Waals surface area contributed by atoms with Crippen LogP contribution in [0.4, 0.5) is 10.6 Å². The summed E-state index contributed by atoms with van der Waals surface area (Å²) < 4.78 is 4.92. The Kier molecular flexibility index (Phi) is 3.77. The Bertz CT molecular complexity index is 477. The van der Waals surface area contributed by atoms with Crippen LogP contribution in [0.25, 0.3) is 0 Å². The minimum absolute atomic E-state index is 0.00414. The van der Waals surface area contributed by atoms with Crippen molar-refractivity contribution in [2.75, 3.05) is 5.32 Å². The molecule has 1 fully saturated rings. The van der Waals surface area contributed by atoms with E-state index in [1.807, 2.05) is 0 Å². The van der Waals surface area contributed by atoms with Crippen LogP contribution in [0.3, 0.4) is 0 Å². The molecular formula is C14H24N4O2. The van der Waals surface area contributed by atoms with Gasteiger partial charge in [-0.25, -0.2) is 4.79 Å². The minimum atomic E-state index is -0.239. The lowest BCUT2D eigenvalue weighted by molar-refractivity contribution is 0.149. The van der Waals surface area contributed by atoms with Gasteiger partial charge in [-0.3, -0.25) is 5.32 Å². The summed E-state index contributed by atoms with van der Waals surface area (Å²) in [5.41, 5.74) is 0.00828. The molecule has 6 nitrogen and oxygen atoms in total. The van der Waals surface area contributed by atoms with E-state index in [9.17, 15) is 4.79 Å². The molecule has 0 spiro atoms. The highest BCUT2D eigenvalue weighted by atomic mass is 16.5. The van der Waals surface area contributed by atoms with Gasteiger partial charge < -0.3 is 15.2 Å². The second-order valence-electron chi connectivity index (χ2n) is 6.92. The van der Waals surface area contributed by atoms with Crippen molar-refractivity contribution >= 4 is 11.8 Å². The Labute approximate surface area is 119 Å². The van der Waals surface area contributed by atoms with E-state index < -0.39 is 0 Å². The third-order valence-electron chi connectivity index (χ3n) is 3.39. The van der Waals surface area contributed by atoms with Gasteiger partial charge in [0.05, 0.1) is 0 Å². The number of carbonyl (C=O) groups excluding carboxylic acids is 1. The quantitative estimate of drug-likeness (QED) is 0.777. The molecular weight excluding hydrogens is 256 g/mol. The molecule has 112 valence electrons. The molecule has 1 aliphatic heterocycles. The smallest absolute Gasteiger partial charge is 0.320 e. The Hall–Kier alpha value is -1.56. The van der Waals surface area contributed by atoms with Crippen molar-refractivity contribution in [1.29, 1.82) is 0 Å². The van der Waals surface area contributed by atoms with Crippen LogP contribution in [0.15, 0.2) is 10.6 Å². The lowest BCUT2D eigenvalue weighted by atomic mass is 9.80. The lowest BCUT2D eigenvalue weighted by Gasteiger charge is -2.46. The van der Waals surface area contributed by atoms with Crippen LogP contribution in [0.5, 0.6) is 0 Å². The van der Waals surface area contributed by atoms with Gasteiger partial charge in [0.25, 0.3) is 0 Å². The number of urea groups is 1. The summed E-state index contributed by atoms with van der Waals surface area (Å²) in [6.45, 7) is 10.4. The van der Waals surface area contributed by atoms with Gasteiger partial charge in [-0.1, -0.05) is 5.16 Å². The molecule has 2 rings (SSSR count). The number of nitrogens with one attached hydrogen (secondary N) is 3. The maximum absolute atomic E-state index is 12.0. The number of hydrogen-bond acceptors (Lipinski definition) is 4. The van der Waals surface area contributed by atoms with Crippen LogP contribution < -0.4 is 16.0 Å². The number of anilines is 1. The monoisotopic (exact) mass is 280 g/mol. The number of rotatable bonds is 2. The summed E-state index contributed by atoms with van der Waals surface area (Å²) in [6, 6.07) is 1.58. The number of aryl methyl sites for hydroxylation is 1. The number of nitrogens with zero attached hydrogens (tertiary/aromatic N) is 1. The van der Waals surface area contributed by atoms with E-state index in [2.05, 4.69) is 48.8 Å². The number of carbonyl (C=O) groups is 1. The maximum Gasteiger partial charge on any atom is 0.320 e. The second-order valence-corrected chi connectivity index (χ2v) is 6.92. The molecule has 0 aromatic carbocycles. The molecule has 0 unspecified atom stereocenters. The maximum atomic E-state index is 12.0. The van der Waals surface area contributed by atoms with Gasteiger partial charge in [0, 0.05) is 23.2 Å². The summed E-state index contributed by atoms with van der Waals surface area (Å²) in [6.07, 6.45) is 1.78. The van der Waals surface area contributed by atoms with Crippen molar-refractivity contribution in [2.45, 2.75) is 64.6 Å². The van der Waals surface area contributed by atoms with E-state index in [0.29, 0.717) is 11.6 Å². The fourth-order valence-corrected chi connectivity index (χ4v) is 3.19. The molecule has 1 aromatic heterocycles. The van der Waals surface area contributed by atoms with E-state index in [1.54, 1.807) is 13.0 Å². The van der Waals surface area contributed by atoms with Crippen molar-refractivity contribution in [3.05, 3.63) is 11.8 Å². The standard InChI is InChI=1S/C14H24N4O2/c1-9-6-11(17-20-9)16-12(19)15-10-7-13(2,3)18-14(4,5)8-10/h6,10,18H,7-8H2,1-5H3,(H2,15,16,17,19). The molecule has 0 saturated carbocycles. The van der Waals surface area contributed by atoms with Crippen LogP contribution >= 0.6 is 0 Å². The van der Waals surface area contributed by atoms with E-state index >= 15 is 0 Å². The van der Waals surface area contributed by atoms with Gasteiger partial charge >= 0.3 is 6.03 Å². The van der Waals surface area contributed by atoms with Crippen molar-refractivity contribution < 1.29 is 9.32 Å². The normalized spacial score (nSPS) is 21.4. The first-order valence-corrected chi connectivity index (χ1v) is 6.95. The molecule has 1 aromatic rings. The van der Waals surface area contributed by atoms with Crippen LogP contribution in [0.2, 0.25) is 0 Å². The van der Waals surface area contributed by atoms with Gasteiger partial charge in [-0.05, 0) is 47.5 Å². The number of piperidine rings is 1. The van der Waals surface area contributed by atoms with Gasteiger partial charge in [0.15, 0.2) is 5.82 Å². The summed E-state index contributed by atoms with van der Waals surface area (Å²) in [4.78, 5) is 12.0. The molecule has 0 atom stereocenters. The predicted octanol–water partition coefficient (Wildman–Crippen LogP) is 2.41. The van der Waals surface area contributed by atoms with Crippen molar-refractivity contribution in [1.82, 2.24) is 15.8 Å². The first-order valence-electron chi connectivity index (χ1n) is 6.95. The van der Waals surface area contributed by atoms with Crippen LogP contribution in [-0.2, 0) is 0 Å². The van der Waals surface area contributed by atoms with Gasteiger partial charge in [-0.15, -0.1) is 0 Å². The second kappa shape index (κ2) is 5.09. The fourth-order valence-electron chi connectivity index (χ4n) is 3.19. The Morgan fingerprint density at radius 3 is 2.45 bits per heavy atom. The molecule has 2 heterocycles. The van der Waals surface area contributed by atoms with Crippen molar-refractivity contribution in [2.24, 2.45) is 0 Å². The summed E-state index contributed by atoms with van der Waals surface area (Å²) in [7, 11) is 0. The molecule has 1 aliphatic rings. The molecule has 0 radical (unpaired) electrons. The van der Waals surface area contributed by atoms with Crippen LogP contribution in [-0.4, -0.2) is 28.3 Å². The summed E-state index contributed by atoms with van der Waals surface area (Å²) in [5.74, 6) is 1.11. The van der Waals surface area contributed by atoms with Gasteiger partial charge in [0.1, 0.15) is 5.76 Å². The fraction of sp³-hybridized carbons (Fsp3) is 0.714. The summed E-state index contributed by atoms with van der Waals surface area (Å²) in [5, 5.41) is 13.0. The predicted molar refractivity (Wildman–Crippen MR) is 77.7 cm³/mol.